The van der Waals surface area contributed by atoms with Crippen molar-refractivity contribution in [3.8, 4) is 6.01 Å². The van der Waals surface area contributed by atoms with Crippen LogP contribution in [0.3, 0.4) is 0 Å². The molecule has 0 unspecified atom stereocenters. The summed E-state index contributed by atoms with van der Waals surface area (Å²) >= 11 is 0. The van der Waals surface area contributed by atoms with Gasteiger partial charge in [-0.25, -0.2) is 4.98 Å². The monoisotopic (exact) mass is 344 g/mol. The van der Waals surface area contributed by atoms with E-state index in [1.165, 1.54) is 11.1 Å². The van der Waals surface area contributed by atoms with Gasteiger partial charge < -0.3 is 19.7 Å². The SMILES string of the molecule is Cn1ccnc1OCC(=O)NC[C@H](O)CN1CCc2ccccc2C1. The highest BCUT2D eigenvalue weighted by Crippen LogP contribution is 2.18. The van der Waals surface area contributed by atoms with Gasteiger partial charge in [0.2, 0.25) is 0 Å². The number of aryl methyl sites for hydroxylation is 1. The van der Waals surface area contributed by atoms with Crippen LogP contribution < -0.4 is 10.1 Å². The summed E-state index contributed by atoms with van der Waals surface area (Å²) in [5, 5.41) is 12.9. The lowest BCUT2D eigenvalue weighted by Gasteiger charge is -2.30. The van der Waals surface area contributed by atoms with Crippen LogP contribution in [0, 0.1) is 0 Å². The van der Waals surface area contributed by atoms with Gasteiger partial charge in [-0.15, -0.1) is 0 Å². The molecule has 0 saturated heterocycles. The van der Waals surface area contributed by atoms with Crippen molar-refractivity contribution in [3.05, 3.63) is 47.8 Å². The van der Waals surface area contributed by atoms with E-state index >= 15 is 0 Å². The first-order valence-corrected chi connectivity index (χ1v) is 8.46. The Hall–Kier alpha value is -2.38. The Morgan fingerprint density at radius 3 is 2.96 bits per heavy atom. The molecule has 1 aliphatic heterocycles. The molecule has 1 aromatic heterocycles. The Morgan fingerprint density at radius 1 is 1.40 bits per heavy atom. The number of benzene rings is 1. The number of carbonyl (C=O) groups excluding carboxylic acids is 1. The predicted octanol–water partition coefficient (Wildman–Crippen LogP) is 0.334. The van der Waals surface area contributed by atoms with E-state index in [1.807, 2.05) is 6.07 Å². The largest absolute Gasteiger partial charge is 0.455 e. The average Bonchev–Trinajstić information content (AvgIpc) is 3.03. The zero-order chi connectivity index (χ0) is 17.6. The number of nitrogens with zero attached hydrogens (tertiary/aromatic N) is 3. The van der Waals surface area contributed by atoms with Crippen molar-refractivity contribution >= 4 is 5.91 Å². The zero-order valence-corrected chi connectivity index (χ0v) is 14.4. The molecule has 2 aromatic rings. The highest BCUT2D eigenvalue weighted by atomic mass is 16.5. The molecule has 2 N–H and O–H groups in total. The van der Waals surface area contributed by atoms with Crippen LogP contribution in [0.4, 0.5) is 0 Å². The summed E-state index contributed by atoms with van der Waals surface area (Å²) < 4.78 is 7.00. The van der Waals surface area contributed by atoms with Crippen molar-refractivity contribution in [2.45, 2.75) is 19.1 Å². The molecule has 7 heteroatoms. The standard InChI is InChI=1S/C18H24N4O3/c1-21-9-7-19-18(21)25-13-17(24)20-10-16(23)12-22-8-6-14-4-2-3-5-15(14)11-22/h2-5,7,9,16,23H,6,8,10-13H2,1H3,(H,20,24)/t16-/m0/s1. The first-order chi connectivity index (χ1) is 12.1. The fourth-order valence-electron chi connectivity index (χ4n) is 2.98. The van der Waals surface area contributed by atoms with E-state index in [1.54, 1.807) is 24.0 Å². The van der Waals surface area contributed by atoms with Crippen LogP contribution in [0.5, 0.6) is 6.01 Å². The maximum atomic E-state index is 11.8. The molecular formula is C18H24N4O3. The van der Waals surface area contributed by atoms with Crippen LogP contribution >= 0.6 is 0 Å². The first kappa shape index (κ1) is 17.4. The molecule has 0 bridgehead atoms. The lowest BCUT2D eigenvalue weighted by molar-refractivity contribution is -0.123. The molecule has 134 valence electrons. The van der Waals surface area contributed by atoms with E-state index in [0.29, 0.717) is 12.6 Å². The molecular weight excluding hydrogens is 320 g/mol. The molecule has 2 heterocycles. The van der Waals surface area contributed by atoms with Crippen LogP contribution in [0.15, 0.2) is 36.7 Å². The third-order valence-electron chi connectivity index (χ3n) is 4.32. The lowest BCUT2D eigenvalue weighted by Crippen LogP contribution is -2.43. The van der Waals surface area contributed by atoms with Gasteiger partial charge in [-0.05, 0) is 17.5 Å². The number of carbonyl (C=O) groups is 1. The van der Waals surface area contributed by atoms with Gasteiger partial charge in [0.1, 0.15) is 0 Å². The maximum absolute atomic E-state index is 11.8. The summed E-state index contributed by atoms with van der Waals surface area (Å²) in [7, 11) is 1.79. The molecule has 0 spiro atoms. The fraction of sp³-hybridized carbons (Fsp3) is 0.444. The Bertz CT molecular complexity index is 716. The van der Waals surface area contributed by atoms with Crippen LogP contribution in [0.1, 0.15) is 11.1 Å². The van der Waals surface area contributed by atoms with E-state index < -0.39 is 6.10 Å². The van der Waals surface area contributed by atoms with Crippen molar-refractivity contribution in [2.24, 2.45) is 7.05 Å². The molecule has 0 saturated carbocycles. The van der Waals surface area contributed by atoms with Crippen LogP contribution in [-0.2, 0) is 24.8 Å². The highest BCUT2D eigenvalue weighted by Gasteiger charge is 2.18. The lowest BCUT2D eigenvalue weighted by atomic mass is 10.00. The topological polar surface area (TPSA) is 79.6 Å². The van der Waals surface area contributed by atoms with Gasteiger partial charge in [0.05, 0.1) is 6.10 Å². The van der Waals surface area contributed by atoms with E-state index in [0.717, 1.165) is 19.5 Å². The molecule has 1 aliphatic rings. The van der Waals surface area contributed by atoms with Crippen LogP contribution in [0.2, 0.25) is 0 Å². The summed E-state index contributed by atoms with van der Waals surface area (Å²) in [5.41, 5.74) is 2.70. The second-order valence-corrected chi connectivity index (χ2v) is 6.32. The number of amides is 1. The Kier molecular flexibility index (Phi) is 5.67. The summed E-state index contributed by atoms with van der Waals surface area (Å²) in [6, 6.07) is 8.78. The van der Waals surface area contributed by atoms with Crippen LogP contribution in [-0.4, -0.2) is 57.8 Å². The molecule has 1 atom stereocenters. The van der Waals surface area contributed by atoms with Gasteiger partial charge in [0, 0.05) is 45.6 Å². The minimum absolute atomic E-state index is 0.116. The van der Waals surface area contributed by atoms with Crippen molar-refractivity contribution in [2.75, 3.05) is 26.2 Å². The van der Waals surface area contributed by atoms with E-state index in [9.17, 15) is 9.90 Å². The number of aliphatic hydroxyl groups excluding tert-OH is 1. The molecule has 25 heavy (non-hydrogen) atoms. The molecule has 1 aromatic carbocycles. The highest BCUT2D eigenvalue weighted by molar-refractivity contribution is 5.77. The molecule has 0 aliphatic carbocycles. The third-order valence-corrected chi connectivity index (χ3v) is 4.32. The van der Waals surface area contributed by atoms with Gasteiger partial charge in [-0.2, -0.15) is 0 Å². The van der Waals surface area contributed by atoms with Crippen molar-refractivity contribution in [3.63, 3.8) is 0 Å². The molecule has 0 radical (unpaired) electrons. The molecule has 1 amide bonds. The Labute approximate surface area is 147 Å². The second-order valence-electron chi connectivity index (χ2n) is 6.32. The van der Waals surface area contributed by atoms with Crippen LogP contribution in [0.25, 0.3) is 0 Å². The van der Waals surface area contributed by atoms with Crippen molar-refractivity contribution in [1.29, 1.82) is 0 Å². The van der Waals surface area contributed by atoms with Gasteiger partial charge in [0.25, 0.3) is 11.9 Å². The number of hydrogen-bond acceptors (Lipinski definition) is 5. The number of ether oxygens (including phenoxy) is 1. The second kappa shape index (κ2) is 8.13. The summed E-state index contributed by atoms with van der Waals surface area (Å²) in [6.45, 7) is 2.39. The van der Waals surface area contributed by atoms with E-state index in [2.05, 4.69) is 33.4 Å². The van der Waals surface area contributed by atoms with Gasteiger partial charge in [-0.1, -0.05) is 24.3 Å². The minimum Gasteiger partial charge on any atom is -0.455 e. The minimum atomic E-state index is -0.609. The smallest absolute Gasteiger partial charge is 0.296 e. The number of β-amino-alcohol motifs (C(OH)–C–C–N with tert-alkyl or cyclic N) is 1. The number of hydrogen-bond donors (Lipinski definition) is 2. The molecule has 3 rings (SSSR count). The van der Waals surface area contributed by atoms with Gasteiger partial charge in [-0.3, -0.25) is 9.69 Å². The summed E-state index contributed by atoms with van der Waals surface area (Å²) in [6.07, 6.45) is 3.73. The number of imidazole rings is 1. The van der Waals surface area contributed by atoms with Crippen molar-refractivity contribution in [1.82, 2.24) is 19.8 Å². The maximum Gasteiger partial charge on any atom is 0.296 e. The van der Waals surface area contributed by atoms with Gasteiger partial charge in [0.15, 0.2) is 6.61 Å². The quantitative estimate of drug-likeness (QED) is 0.757. The third kappa shape index (κ3) is 4.80. The fourth-order valence-corrected chi connectivity index (χ4v) is 2.98. The summed E-state index contributed by atoms with van der Waals surface area (Å²) in [4.78, 5) is 18.0. The zero-order valence-electron chi connectivity index (χ0n) is 14.4. The van der Waals surface area contributed by atoms with E-state index in [4.69, 9.17) is 4.74 Å². The Balaban J connectivity index is 1.37. The summed E-state index contributed by atoms with van der Waals surface area (Å²) in [5.74, 6) is -0.272. The number of fused-ring (bicyclic) bond motifs is 1. The normalized spacial score (nSPS) is 15.4. The average molecular weight is 344 g/mol. The Morgan fingerprint density at radius 2 is 2.20 bits per heavy atom. The predicted molar refractivity (Wildman–Crippen MR) is 93.1 cm³/mol. The number of aromatic nitrogens is 2. The molecule has 7 nitrogen and oxygen atoms in total. The van der Waals surface area contributed by atoms with E-state index in [-0.39, 0.29) is 19.1 Å². The number of aliphatic hydroxyl groups is 1. The molecule has 0 fully saturated rings. The number of nitrogens with one attached hydrogen (secondary N) is 1. The number of rotatable bonds is 7. The van der Waals surface area contributed by atoms with Crippen molar-refractivity contribution < 1.29 is 14.6 Å². The first-order valence-electron chi connectivity index (χ1n) is 8.46. The van der Waals surface area contributed by atoms with Gasteiger partial charge >= 0.3 is 0 Å².